The summed E-state index contributed by atoms with van der Waals surface area (Å²) in [5, 5.41) is 4.65. The van der Waals surface area contributed by atoms with Crippen molar-refractivity contribution in [2.45, 2.75) is 30.8 Å². The summed E-state index contributed by atoms with van der Waals surface area (Å²) in [5.74, 6) is -0.0979. The number of amides is 1. The lowest BCUT2D eigenvalue weighted by Gasteiger charge is -2.37. The monoisotopic (exact) mass is 395 g/mol. The molecule has 0 radical (unpaired) electrons. The second-order valence-corrected chi connectivity index (χ2v) is 8.63. The van der Waals surface area contributed by atoms with Crippen LogP contribution in [-0.2, 0) is 10.0 Å². The number of halogens is 1. The molecular weight excluding hydrogens is 374 g/mol. The van der Waals surface area contributed by atoms with E-state index in [4.69, 9.17) is 0 Å². The molecule has 26 heavy (non-hydrogen) atoms. The zero-order valence-corrected chi connectivity index (χ0v) is 16.5. The Kier molecular flexibility index (Phi) is 4.77. The second-order valence-electron chi connectivity index (χ2n) is 6.77. The Bertz CT molecular complexity index is 993. The molecule has 2 aromatic carbocycles. The van der Waals surface area contributed by atoms with Crippen molar-refractivity contribution in [3.05, 3.63) is 35.9 Å². The molecule has 1 N–H and O–H groups in total. The summed E-state index contributed by atoms with van der Waals surface area (Å²) in [5.41, 5.74) is 1.32. The van der Waals surface area contributed by atoms with Gasteiger partial charge in [-0.15, -0.1) is 12.4 Å². The summed E-state index contributed by atoms with van der Waals surface area (Å²) >= 11 is 0. The first kappa shape index (κ1) is 19.1. The Labute approximate surface area is 159 Å². The van der Waals surface area contributed by atoms with Crippen LogP contribution in [0.4, 0.5) is 5.69 Å². The Balaban J connectivity index is 0.00000196. The number of hydrogen-bond acceptors (Lipinski definition) is 4. The Hall–Kier alpha value is -1.67. The fourth-order valence-electron chi connectivity index (χ4n) is 3.83. The minimum absolute atomic E-state index is 0. The number of rotatable bonds is 2. The van der Waals surface area contributed by atoms with E-state index in [2.05, 4.69) is 5.32 Å². The molecular formula is C18H22ClN3O3S. The Morgan fingerprint density at radius 2 is 1.88 bits per heavy atom. The summed E-state index contributed by atoms with van der Waals surface area (Å²) in [7, 11) is -1.93. The highest BCUT2D eigenvalue weighted by Gasteiger charge is 2.37. The van der Waals surface area contributed by atoms with Crippen molar-refractivity contribution in [1.29, 1.82) is 0 Å². The number of piperazine rings is 1. The molecule has 2 heterocycles. The number of sulfonamides is 1. The van der Waals surface area contributed by atoms with Crippen molar-refractivity contribution in [2.24, 2.45) is 0 Å². The lowest BCUT2D eigenvalue weighted by Crippen LogP contribution is -2.57. The maximum Gasteiger partial charge on any atom is 0.258 e. The molecule has 8 heteroatoms. The van der Waals surface area contributed by atoms with Gasteiger partial charge in [-0.1, -0.05) is 12.1 Å². The largest absolute Gasteiger partial charge is 0.311 e. The molecule has 0 spiro atoms. The van der Waals surface area contributed by atoms with Crippen LogP contribution in [0.3, 0.4) is 0 Å². The molecule has 1 saturated heterocycles. The van der Waals surface area contributed by atoms with Gasteiger partial charge in [0, 0.05) is 48.6 Å². The summed E-state index contributed by atoms with van der Waals surface area (Å²) in [6.45, 7) is 4.99. The van der Waals surface area contributed by atoms with E-state index in [1.807, 2.05) is 13.8 Å². The van der Waals surface area contributed by atoms with Crippen molar-refractivity contribution in [1.82, 2.24) is 9.62 Å². The second kappa shape index (κ2) is 6.49. The van der Waals surface area contributed by atoms with Gasteiger partial charge in [-0.3, -0.25) is 4.79 Å². The average Bonchev–Trinajstić information content (AvgIpc) is 2.84. The molecule has 1 fully saturated rings. The van der Waals surface area contributed by atoms with Gasteiger partial charge in [-0.2, -0.15) is 4.31 Å². The van der Waals surface area contributed by atoms with E-state index in [0.29, 0.717) is 24.0 Å². The van der Waals surface area contributed by atoms with E-state index in [-0.39, 0.29) is 35.3 Å². The van der Waals surface area contributed by atoms with Crippen molar-refractivity contribution < 1.29 is 13.2 Å². The highest BCUT2D eigenvalue weighted by atomic mass is 35.5. The molecule has 0 bridgehead atoms. The van der Waals surface area contributed by atoms with Gasteiger partial charge in [0.05, 0.1) is 10.6 Å². The maximum atomic E-state index is 13.4. The first-order valence-corrected chi connectivity index (χ1v) is 9.87. The Morgan fingerprint density at radius 3 is 2.62 bits per heavy atom. The maximum absolute atomic E-state index is 13.4. The highest BCUT2D eigenvalue weighted by molar-refractivity contribution is 7.89. The molecule has 0 aromatic heterocycles. The van der Waals surface area contributed by atoms with Gasteiger partial charge < -0.3 is 10.2 Å². The third-order valence-electron chi connectivity index (χ3n) is 5.44. The van der Waals surface area contributed by atoms with Gasteiger partial charge >= 0.3 is 0 Å². The number of nitrogens with zero attached hydrogens (tertiary/aromatic N) is 2. The summed E-state index contributed by atoms with van der Waals surface area (Å²) in [6.07, 6.45) is 0. The standard InChI is InChI=1S/C18H21N3O3S.ClH/c1-11-12(2)21(10-9-19-11)25(23,24)16-8-7-15-17-13(16)5-4-6-14(17)18(22)20(15)3;/h4-8,11-12,19H,9-10H2,1-3H3;1H. The number of carbonyl (C=O) groups is 1. The normalized spacial score (nSPS) is 23.3. The van der Waals surface area contributed by atoms with E-state index >= 15 is 0 Å². The van der Waals surface area contributed by atoms with Crippen LogP contribution in [0, 0.1) is 0 Å². The minimum atomic E-state index is -3.65. The van der Waals surface area contributed by atoms with Crippen molar-refractivity contribution in [3.8, 4) is 0 Å². The molecule has 2 aromatic rings. The van der Waals surface area contributed by atoms with Gasteiger partial charge in [-0.25, -0.2) is 8.42 Å². The highest BCUT2D eigenvalue weighted by Crippen LogP contribution is 2.40. The molecule has 0 aliphatic carbocycles. The van der Waals surface area contributed by atoms with Crippen molar-refractivity contribution >= 4 is 44.8 Å². The van der Waals surface area contributed by atoms with E-state index in [1.165, 1.54) is 0 Å². The first-order valence-electron chi connectivity index (χ1n) is 8.43. The SMILES string of the molecule is CC1NCCN(S(=O)(=O)c2ccc3c4c(cccc24)C(=O)N3C)C1C.Cl. The first-order chi connectivity index (χ1) is 11.8. The predicted molar refractivity (Wildman–Crippen MR) is 105 cm³/mol. The van der Waals surface area contributed by atoms with Crippen LogP contribution >= 0.6 is 12.4 Å². The summed E-state index contributed by atoms with van der Waals surface area (Å²) < 4.78 is 28.3. The average molecular weight is 396 g/mol. The summed E-state index contributed by atoms with van der Waals surface area (Å²) in [6, 6.07) is 8.62. The molecule has 2 aliphatic heterocycles. The number of hydrogen-bond donors (Lipinski definition) is 1. The third-order valence-corrected chi connectivity index (χ3v) is 7.48. The zero-order valence-electron chi connectivity index (χ0n) is 14.9. The van der Waals surface area contributed by atoms with Gasteiger partial charge in [0.1, 0.15) is 0 Å². The van der Waals surface area contributed by atoms with Gasteiger partial charge in [0.2, 0.25) is 10.0 Å². The number of benzene rings is 2. The number of nitrogens with one attached hydrogen (secondary N) is 1. The van der Waals surface area contributed by atoms with Crippen LogP contribution < -0.4 is 10.2 Å². The molecule has 1 amide bonds. The van der Waals surface area contributed by atoms with Crippen LogP contribution in [0.25, 0.3) is 10.8 Å². The van der Waals surface area contributed by atoms with Crippen LogP contribution in [0.2, 0.25) is 0 Å². The molecule has 6 nitrogen and oxygen atoms in total. The molecule has 2 atom stereocenters. The number of anilines is 1. The van der Waals surface area contributed by atoms with Crippen LogP contribution in [-0.4, -0.2) is 50.9 Å². The van der Waals surface area contributed by atoms with Crippen LogP contribution in [0.1, 0.15) is 24.2 Å². The Morgan fingerprint density at radius 1 is 1.15 bits per heavy atom. The van der Waals surface area contributed by atoms with Crippen molar-refractivity contribution in [3.63, 3.8) is 0 Å². The molecule has 4 rings (SSSR count). The predicted octanol–water partition coefficient (Wildman–Crippen LogP) is 2.22. The zero-order chi connectivity index (χ0) is 17.9. The third kappa shape index (κ3) is 2.53. The lowest BCUT2D eigenvalue weighted by molar-refractivity contribution is 0.0999. The topological polar surface area (TPSA) is 69.7 Å². The molecule has 0 saturated carbocycles. The van der Waals surface area contributed by atoms with Gasteiger partial charge in [0.25, 0.3) is 5.91 Å². The van der Waals surface area contributed by atoms with E-state index in [0.717, 1.165) is 11.1 Å². The fraction of sp³-hybridized carbons (Fsp3) is 0.389. The fourth-order valence-corrected chi connectivity index (χ4v) is 5.72. The smallest absolute Gasteiger partial charge is 0.258 e. The quantitative estimate of drug-likeness (QED) is 0.846. The molecule has 140 valence electrons. The lowest BCUT2D eigenvalue weighted by atomic mass is 10.1. The van der Waals surface area contributed by atoms with E-state index in [1.54, 1.807) is 46.6 Å². The van der Waals surface area contributed by atoms with Gasteiger partial charge in [0.15, 0.2) is 0 Å². The molecule has 2 aliphatic rings. The summed E-state index contributed by atoms with van der Waals surface area (Å²) in [4.78, 5) is 14.2. The minimum Gasteiger partial charge on any atom is -0.311 e. The van der Waals surface area contributed by atoms with Crippen molar-refractivity contribution in [2.75, 3.05) is 25.0 Å². The molecule has 2 unspecified atom stereocenters. The van der Waals surface area contributed by atoms with Crippen LogP contribution in [0.5, 0.6) is 0 Å². The van der Waals surface area contributed by atoms with E-state index < -0.39 is 10.0 Å². The van der Waals surface area contributed by atoms with E-state index in [9.17, 15) is 13.2 Å². The van der Waals surface area contributed by atoms with Gasteiger partial charge in [-0.05, 0) is 32.0 Å². The number of carbonyl (C=O) groups excluding carboxylic acids is 1. The van der Waals surface area contributed by atoms with Crippen LogP contribution in [0.15, 0.2) is 35.2 Å².